The Bertz CT molecular complexity index is 578. The zero-order valence-electron chi connectivity index (χ0n) is 12.1. The van der Waals surface area contributed by atoms with Gasteiger partial charge in [0, 0.05) is 20.7 Å². The van der Waals surface area contributed by atoms with Crippen LogP contribution in [0, 0.1) is 13.8 Å². The molecule has 0 aliphatic carbocycles. The Kier molecular flexibility index (Phi) is 5.30. The van der Waals surface area contributed by atoms with E-state index in [4.69, 9.17) is 5.73 Å². The van der Waals surface area contributed by atoms with Gasteiger partial charge in [0.05, 0.1) is 0 Å². The Hall–Kier alpha value is -0.770. The standard InChI is InChI=1S/C17H20BrNS/c1-11-4-9-16(10-12(11)2)20-17(13(3)19)14-5-7-15(18)8-6-14/h4-10,13,17H,19H2,1-3H3. The highest BCUT2D eigenvalue weighted by molar-refractivity contribution is 9.10. The van der Waals surface area contributed by atoms with Gasteiger partial charge in [-0.2, -0.15) is 0 Å². The molecule has 0 aromatic heterocycles. The number of rotatable bonds is 4. The molecule has 2 N–H and O–H groups in total. The number of thioether (sulfide) groups is 1. The van der Waals surface area contributed by atoms with E-state index in [0.29, 0.717) is 0 Å². The zero-order valence-corrected chi connectivity index (χ0v) is 14.5. The third-order valence-electron chi connectivity index (χ3n) is 3.42. The number of benzene rings is 2. The van der Waals surface area contributed by atoms with Crippen molar-refractivity contribution >= 4 is 27.7 Å². The van der Waals surface area contributed by atoms with Gasteiger partial charge < -0.3 is 5.73 Å². The molecule has 0 fully saturated rings. The molecule has 0 saturated heterocycles. The molecule has 0 aliphatic heterocycles. The average molecular weight is 350 g/mol. The topological polar surface area (TPSA) is 26.0 Å². The number of hydrogen-bond acceptors (Lipinski definition) is 2. The Morgan fingerprint density at radius 2 is 1.65 bits per heavy atom. The average Bonchev–Trinajstić information content (AvgIpc) is 2.41. The predicted molar refractivity (Wildman–Crippen MR) is 92.3 cm³/mol. The Labute approximate surface area is 134 Å². The summed E-state index contributed by atoms with van der Waals surface area (Å²) >= 11 is 5.32. The molecular weight excluding hydrogens is 330 g/mol. The molecule has 2 rings (SSSR count). The summed E-state index contributed by atoms with van der Waals surface area (Å²) in [6, 6.07) is 15.1. The van der Waals surface area contributed by atoms with Gasteiger partial charge in [-0.05, 0) is 61.7 Å². The molecule has 0 bridgehead atoms. The summed E-state index contributed by atoms with van der Waals surface area (Å²) in [7, 11) is 0. The molecule has 2 atom stereocenters. The highest BCUT2D eigenvalue weighted by Crippen LogP contribution is 2.38. The lowest BCUT2D eigenvalue weighted by Crippen LogP contribution is -2.22. The van der Waals surface area contributed by atoms with E-state index in [-0.39, 0.29) is 11.3 Å². The van der Waals surface area contributed by atoms with Crippen molar-refractivity contribution in [3.8, 4) is 0 Å². The molecular formula is C17H20BrNS. The molecule has 0 heterocycles. The van der Waals surface area contributed by atoms with E-state index in [0.717, 1.165) is 4.47 Å². The van der Waals surface area contributed by atoms with Gasteiger partial charge >= 0.3 is 0 Å². The molecule has 0 aliphatic rings. The highest BCUT2D eigenvalue weighted by Gasteiger charge is 2.17. The van der Waals surface area contributed by atoms with E-state index in [2.05, 4.69) is 79.2 Å². The van der Waals surface area contributed by atoms with Crippen LogP contribution in [0.15, 0.2) is 51.8 Å². The van der Waals surface area contributed by atoms with Crippen LogP contribution in [-0.4, -0.2) is 6.04 Å². The van der Waals surface area contributed by atoms with Crippen molar-refractivity contribution in [1.29, 1.82) is 0 Å². The third-order valence-corrected chi connectivity index (χ3v) is 5.43. The Balaban J connectivity index is 2.25. The van der Waals surface area contributed by atoms with E-state index < -0.39 is 0 Å². The van der Waals surface area contributed by atoms with Crippen LogP contribution in [0.2, 0.25) is 0 Å². The molecule has 0 spiro atoms. The molecule has 0 saturated carbocycles. The van der Waals surface area contributed by atoms with Gasteiger partial charge in [0.25, 0.3) is 0 Å². The number of aryl methyl sites for hydroxylation is 2. The molecule has 0 amide bonds. The monoisotopic (exact) mass is 349 g/mol. The van der Waals surface area contributed by atoms with E-state index >= 15 is 0 Å². The maximum Gasteiger partial charge on any atom is 0.0492 e. The fraction of sp³-hybridized carbons (Fsp3) is 0.294. The van der Waals surface area contributed by atoms with Crippen LogP contribution < -0.4 is 5.73 Å². The largest absolute Gasteiger partial charge is 0.327 e. The van der Waals surface area contributed by atoms with Crippen LogP contribution in [0.4, 0.5) is 0 Å². The van der Waals surface area contributed by atoms with Gasteiger partial charge in [-0.3, -0.25) is 0 Å². The van der Waals surface area contributed by atoms with Crippen LogP contribution in [0.5, 0.6) is 0 Å². The fourth-order valence-corrected chi connectivity index (χ4v) is 3.52. The summed E-state index contributed by atoms with van der Waals surface area (Å²) in [6.45, 7) is 6.36. The second-order valence-corrected chi connectivity index (χ2v) is 7.33. The second-order valence-electron chi connectivity index (χ2n) is 5.20. The lowest BCUT2D eigenvalue weighted by Gasteiger charge is -2.21. The van der Waals surface area contributed by atoms with Gasteiger partial charge in [-0.15, -0.1) is 11.8 Å². The second kappa shape index (κ2) is 6.79. The minimum atomic E-state index is 0.0998. The van der Waals surface area contributed by atoms with Crippen molar-refractivity contribution in [2.24, 2.45) is 5.73 Å². The lowest BCUT2D eigenvalue weighted by molar-refractivity contribution is 0.721. The summed E-state index contributed by atoms with van der Waals surface area (Å²) < 4.78 is 1.10. The quantitative estimate of drug-likeness (QED) is 0.763. The first kappa shape index (κ1) is 15.6. The van der Waals surface area contributed by atoms with Crippen LogP contribution in [-0.2, 0) is 0 Å². The first-order chi connectivity index (χ1) is 9.47. The summed E-state index contributed by atoms with van der Waals surface area (Å²) in [5.41, 5.74) is 10.1. The third kappa shape index (κ3) is 3.87. The minimum absolute atomic E-state index is 0.0998. The molecule has 106 valence electrons. The highest BCUT2D eigenvalue weighted by atomic mass is 79.9. The van der Waals surface area contributed by atoms with Crippen molar-refractivity contribution in [1.82, 2.24) is 0 Å². The summed E-state index contributed by atoms with van der Waals surface area (Å²) in [6.07, 6.45) is 0. The predicted octanol–water partition coefficient (Wildman–Crippen LogP) is 5.25. The molecule has 1 nitrogen and oxygen atoms in total. The minimum Gasteiger partial charge on any atom is -0.327 e. The van der Waals surface area contributed by atoms with Gasteiger partial charge in [-0.25, -0.2) is 0 Å². The van der Waals surface area contributed by atoms with E-state index in [9.17, 15) is 0 Å². The molecule has 0 radical (unpaired) electrons. The van der Waals surface area contributed by atoms with E-state index in [1.54, 1.807) is 0 Å². The van der Waals surface area contributed by atoms with Gasteiger partial charge in [0.1, 0.15) is 0 Å². The molecule has 2 aromatic carbocycles. The number of nitrogens with two attached hydrogens (primary N) is 1. The zero-order chi connectivity index (χ0) is 14.7. The van der Waals surface area contributed by atoms with E-state index in [1.165, 1.54) is 21.6 Å². The molecule has 3 heteroatoms. The van der Waals surface area contributed by atoms with Crippen molar-refractivity contribution in [2.45, 2.75) is 37.0 Å². The summed E-state index contributed by atoms with van der Waals surface area (Å²) in [5.74, 6) is 0. The van der Waals surface area contributed by atoms with Gasteiger partial charge in [0.15, 0.2) is 0 Å². The first-order valence-corrected chi connectivity index (χ1v) is 8.39. The Morgan fingerprint density at radius 1 is 1.00 bits per heavy atom. The first-order valence-electron chi connectivity index (χ1n) is 6.72. The van der Waals surface area contributed by atoms with Crippen LogP contribution in [0.25, 0.3) is 0 Å². The maximum absolute atomic E-state index is 6.19. The fourth-order valence-electron chi connectivity index (χ4n) is 2.07. The number of hydrogen-bond donors (Lipinski definition) is 1. The van der Waals surface area contributed by atoms with Crippen LogP contribution in [0.1, 0.15) is 28.9 Å². The maximum atomic E-state index is 6.19. The number of halogens is 1. The SMILES string of the molecule is Cc1ccc(SC(c2ccc(Br)cc2)C(C)N)cc1C. The summed E-state index contributed by atoms with van der Waals surface area (Å²) in [5, 5.41) is 0.269. The van der Waals surface area contributed by atoms with Gasteiger partial charge in [-0.1, -0.05) is 34.1 Å². The lowest BCUT2D eigenvalue weighted by atomic mass is 10.1. The van der Waals surface area contributed by atoms with E-state index in [1.807, 2.05) is 11.8 Å². The molecule has 2 aromatic rings. The summed E-state index contributed by atoms with van der Waals surface area (Å²) in [4.78, 5) is 1.28. The molecule has 20 heavy (non-hydrogen) atoms. The van der Waals surface area contributed by atoms with Crippen LogP contribution in [0.3, 0.4) is 0 Å². The van der Waals surface area contributed by atoms with Crippen molar-refractivity contribution in [3.05, 3.63) is 63.6 Å². The molecule has 2 unspecified atom stereocenters. The van der Waals surface area contributed by atoms with Crippen LogP contribution >= 0.6 is 27.7 Å². The van der Waals surface area contributed by atoms with Crippen molar-refractivity contribution in [2.75, 3.05) is 0 Å². The smallest absolute Gasteiger partial charge is 0.0492 e. The Morgan fingerprint density at radius 3 is 2.20 bits per heavy atom. The van der Waals surface area contributed by atoms with Crippen molar-refractivity contribution in [3.63, 3.8) is 0 Å². The normalized spacial score (nSPS) is 14.1. The van der Waals surface area contributed by atoms with Crippen molar-refractivity contribution < 1.29 is 0 Å². The van der Waals surface area contributed by atoms with Gasteiger partial charge in [0.2, 0.25) is 0 Å².